The minimum absolute atomic E-state index is 0.164. The third-order valence-electron chi connectivity index (χ3n) is 8.20. The first-order chi connectivity index (χ1) is 19.0. The standard InChI is InChI=1S/C33H44O5SSi/c1-6-32-31(34)23-28(39(35,36)27-20-17-25(2)18-21-27)22-19-26(38-32)24-37-40(33(3,4)5,29-13-9-7-10-14-29)30-15-11-8-12-16-30/h7-18,20-21,26,28,31-32,34H,6,19,22-24H2,1-5H3/t26-,28-,31+,32-/m0/s1. The predicted molar refractivity (Wildman–Crippen MR) is 165 cm³/mol. The van der Waals surface area contributed by atoms with Crippen LogP contribution in [0.25, 0.3) is 0 Å². The van der Waals surface area contributed by atoms with E-state index in [4.69, 9.17) is 9.16 Å². The van der Waals surface area contributed by atoms with Crippen molar-refractivity contribution in [1.29, 1.82) is 0 Å². The van der Waals surface area contributed by atoms with Gasteiger partial charge in [0.2, 0.25) is 0 Å². The molecule has 40 heavy (non-hydrogen) atoms. The Labute approximate surface area is 241 Å². The average molecular weight is 581 g/mol. The van der Waals surface area contributed by atoms with Crippen LogP contribution in [-0.4, -0.2) is 52.0 Å². The maximum Gasteiger partial charge on any atom is 0.261 e. The highest BCUT2D eigenvalue weighted by Crippen LogP contribution is 2.37. The minimum atomic E-state index is -3.61. The maximum absolute atomic E-state index is 13.7. The molecule has 0 amide bonds. The molecule has 0 saturated carbocycles. The number of aryl methyl sites for hydroxylation is 1. The first-order valence-corrected chi connectivity index (χ1v) is 17.8. The normalized spacial score (nSPS) is 22.9. The Hall–Kier alpha value is -2.29. The van der Waals surface area contributed by atoms with Crippen molar-refractivity contribution in [3.63, 3.8) is 0 Å². The molecule has 4 rings (SSSR count). The van der Waals surface area contributed by atoms with E-state index in [1.54, 1.807) is 12.1 Å². The highest BCUT2D eigenvalue weighted by atomic mass is 32.2. The summed E-state index contributed by atoms with van der Waals surface area (Å²) in [5.41, 5.74) is 1.01. The quantitative estimate of drug-likeness (QED) is 0.360. The van der Waals surface area contributed by atoms with Crippen LogP contribution in [0, 0.1) is 6.92 Å². The summed E-state index contributed by atoms with van der Waals surface area (Å²) in [6, 6.07) is 27.9. The Morgan fingerprint density at radius 3 is 1.95 bits per heavy atom. The summed E-state index contributed by atoms with van der Waals surface area (Å²) < 4.78 is 40.9. The van der Waals surface area contributed by atoms with Crippen molar-refractivity contribution >= 4 is 28.5 Å². The van der Waals surface area contributed by atoms with Gasteiger partial charge >= 0.3 is 0 Å². The van der Waals surface area contributed by atoms with Gasteiger partial charge in [-0.05, 0) is 60.2 Å². The molecule has 0 unspecified atom stereocenters. The Morgan fingerprint density at radius 2 is 1.45 bits per heavy atom. The van der Waals surface area contributed by atoms with Gasteiger partial charge in [-0.2, -0.15) is 0 Å². The summed E-state index contributed by atoms with van der Waals surface area (Å²) in [5.74, 6) is 0. The molecule has 3 aromatic rings. The molecule has 1 aliphatic heterocycles. The Kier molecular flexibility index (Phi) is 9.73. The molecule has 0 radical (unpaired) electrons. The zero-order valence-electron chi connectivity index (χ0n) is 24.4. The second kappa shape index (κ2) is 12.7. The maximum atomic E-state index is 13.7. The molecule has 4 atom stereocenters. The van der Waals surface area contributed by atoms with Crippen LogP contribution in [0.5, 0.6) is 0 Å². The van der Waals surface area contributed by atoms with Crippen molar-refractivity contribution in [2.24, 2.45) is 0 Å². The minimum Gasteiger partial charge on any atom is -0.405 e. The molecule has 5 nitrogen and oxygen atoms in total. The van der Waals surface area contributed by atoms with Gasteiger partial charge in [0.15, 0.2) is 9.84 Å². The van der Waals surface area contributed by atoms with Gasteiger partial charge in [0.25, 0.3) is 8.32 Å². The van der Waals surface area contributed by atoms with Crippen molar-refractivity contribution in [1.82, 2.24) is 0 Å². The van der Waals surface area contributed by atoms with E-state index in [0.717, 1.165) is 5.56 Å². The van der Waals surface area contributed by atoms with Gasteiger partial charge in [-0.25, -0.2) is 8.42 Å². The van der Waals surface area contributed by atoms with Crippen LogP contribution in [0.4, 0.5) is 0 Å². The molecule has 0 bridgehead atoms. The Balaban J connectivity index is 1.65. The molecular weight excluding hydrogens is 537 g/mol. The molecule has 0 aliphatic carbocycles. The molecule has 0 aromatic heterocycles. The van der Waals surface area contributed by atoms with E-state index in [0.29, 0.717) is 30.8 Å². The number of benzene rings is 3. The van der Waals surface area contributed by atoms with E-state index >= 15 is 0 Å². The molecule has 1 N–H and O–H groups in total. The lowest BCUT2D eigenvalue weighted by Gasteiger charge is -2.44. The summed E-state index contributed by atoms with van der Waals surface area (Å²) in [6.45, 7) is 10.9. The van der Waals surface area contributed by atoms with Crippen LogP contribution in [0.15, 0.2) is 89.8 Å². The van der Waals surface area contributed by atoms with Gasteiger partial charge in [-0.1, -0.05) is 106 Å². The predicted octanol–water partition coefficient (Wildman–Crippen LogP) is 5.42. The van der Waals surface area contributed by atoms with Gasteiger partial charge in [-0.3, -0.25) is 0 Å². The van der Waals surface area contributed by atoms with Gasteiger partial charge in [-0.15, -0.1) is 0 Å². The fourth-order valence-corrected chi connectivity index (χ4v) is 12.4. The molecule has 3 aromatic carbocycles. The lowest BCUT2D eigenvalue weighted by atomic mass is 9.99. The van der Waals surface area contributed by atoms with E-state index in [1.807, 2.05) is 38.1 Å². The summed E-state index contributed by atoms with van der Waals surface area (Å²) in [5, 5.41) is 12.6. The molecule has 0 spiro atoms. The number of sulfone groups is 1. The lowest BCUT2D eigenvalue weighted by molar-refractivity contribution is -0.103. The van der Waals surface area contributed by atoms with E-state index < -0.39 is 35.6 Å². The van der Waals surface area contributed by atoms with Crippen molar-refractivity contribution < 1.29 is 22.7 Å². The largest absolute Gasteiger partial charge is 0.405 e. The Bertz CT molecular complexity index is 1280. The van der Waals surface area contributed by atoms with Gasteiger partial charge in [0.1, 0.15) is 0 Å². The van der Waals surface area contributed by atoms with Crippen molar-refractivity contribution in [3.05, 3.63) is 90.5 Å². The van der Waals surface area contributed by atoms with Gasteiger partial charge in [0, 0.05) is 0 Å². The average Bonchev–Trinajstić information content (AvgIpc) is 2.93. The Morgan fingerprint density at radius 1 is 0.900 bits per heavy atom. The van der Waals surface area contributed by atoms with Crippen LogP contribution >= 0.6 is 0 Å². The summed E-state index contributed by atoms with van der Waals surface area (Å²) in [4.78, 5) is 0.310. The number of aliphatic hydroxyl groups excluding tert-OH is 1. The second-order valence-electron chi connectivity index (χ2n) is 12.0. The van der Waals surface area contributed by atoms with Gasteiger partial charge < -0.3 is 14.3 Å². The highest BCUT2D eigenvalue weighted by molar-refractivity contribution is 7.92. The number of hydrogen-bond donors (Lipinski definition) is 1. The van der Waals surface area contributed by atoms with E-state index in [9.17, 15) is 13.5 Å². The molecule has 216 valence electrons. The van der Waals surface area contributed by atoms with Crippen molar-refractivity contribution in [2.45, 2.75) is 93.8 Å². The van der Waals surface area contributed by atoms with Crippen molar-refractivity contribution in [3.8, 4) is 0 Å². The monoisotopic (exact) mass is 580 g/mol. The molecule has 1 aliphatic rings. The first kappa shape index (κ1) is 30.7. The van der Waals surface area contributed by atoms with Crippen molar-refractivity contribution in [2.75, 3.05) is 6.61 Å². The molecule has 7 heteroatoms. The molecule has 1 heterocycles. The molecular formula is C33H44O5SSi. The summed E-state index contributed by atoms with van der Waals surface area (Å²) in [6.07, 6.45) is 0.0350. The number of hydrogen-bond acceptors (Lipinski definition) is 5. The van der Waals surface area contributed by atoms with Crippen LogP contribution in [-0.2, 0) is 19.0 Å². The molecule has 1 saturated heterocycles. The van der Waals surface area contributed by atoms with Crippen LogP contribution in [0.3, 0.4) is 0 Å². The van der Waals surface area contributed by atoms with E-state index in [1.165, 1.54) is 10.4 Å². The van der Waals surface area contributed by atoms with Crippen LogP contribution < -0.4 is 10.4 Å². The van der Waals surface area contributed by atoms with E-state index in [2.05, 4.69) is 69.3 Å². The summed E-state index contributed by atoms with van der Waals surface area (Å²) >= 11 is 0. The van der Waals surface area contributed by atoms with E-state index in [-0.39, 0.29) is 17.6 Å². The summed E-state index contributed by atoms with van der Waals surface area (Å²) in [7, 11) is -6.39. The highest BCUT2D eigenvalue weighted by Gasteiger charge is 2.50. The topological polar surface area (TPSA) is 72.8 Å². The zero-order valence-corrected chi connectivity index (χ0v) is 26.2. The molecule has 1 fully saturated rings. The fourth-order valence-electron chi connectivity index (χ4n) is 5.99. The number of rotatable bonds is 8. The van der Waals surface area contributed by atoms with Crippen LogP contribution in [0.1, 0.15) is 58.9 Å². The first-order valence-electron chi connectivity index (χ1n) is 14.4. The zero-order chi connectivity index (χ0) is 29.0. The number of aliphatic hydroxyl groups is 1. The van der Waals surface area contributed by atoms with Crippen LogP contribution in [0.2, 0.25) is 5.04 Å². The third-order valence-corrected chi connectivity index (χ3v) is 15.4. The second-order valence-corrected chi connectivity index (χ2v) is 18.6. The van der Waals surface area contributed by atoms with Gasteiger partial charge in [0.05, 0.1) is 35.1 Å². The number of ether oxygens (including phenoxy) is 1. The lowest BCUT2D eigenvalue weighted by Crippen LogP contribution is -2.67. The fraction of sp³-hybridized carbons (Fsp3) is 0.455. The third kappa shape index (κ3) is 6.44. The SMILES string of the molecule is CC[C@@H]1O[C@H](CO[Si](c2ccccc2)(c2ccccc2)C(C)(C)C)CC[C@H](S(=O)(=O)c2ccc(C)cc2)C[C@H]1O. The smallest absolute Gasteiger partial charge is 0.261 e.